The number of thiophene rings is 2. The Labute approximate surface area is 149 Å². The Kier molecular flexibility index (Phi) is 5.65. The lowest BCUT2D eigenvalue weighted by Crippen LogP contribution is -2.31. The highest BCUT2D eigenvalue weighted by atomic mass is 32.1. The molecule has 0 bridgehead atoms. The van der Waals surface area contributed by atoms with E-state index < -0.39 is 5.97 Å². The van der Waals surface area contributed by atoms with Crippen molar-refractivity contribution in [1.29, 1.82) is 0 Å². The molecule has 1 fully saturated rings. The summed E-state index contributed by atoms with van der Waals surface area (Å²) in [4.78, 5) is 27.8. The number of hydrogen-bond donors (Lipinski definition) is 1. The lowest BCUT2D eigenvalue weighted by Gasteiger charge is -2.14. The number of hydrogen-bond acceptors (Lipinski definition) is 6. The average molecular weight is 364 g/mol. The minimum Gasteiger partial charge on any atom is -0.462 e. The third kappa shape index (κ3) is 3.85. The number of amides is 1. The van der Waals surface area contributed by atoms with Gasteiger partial charge < -0.3 is 10.1 Å². The third-order valence-corrected chi connectivity index (χ3v) is 5.67. The molecule has 128 valence electrons. The van der Waals surface area contributed by atoms with Gasteiger partial charge in [0.25, 0.3) is 0 Å². The van der Waals surface area contributed by atoms with Crippen LogP contribution in [0.1, 0.15) is 30.1 Å². The van der Waals surface area contributed by atoms with Crippen molar-refractivity contribution < 1.29 is 14.3 Å². The summed E-state index contributed by atoms with van der Waals surface area (Å²) in [6.45, 7) is 4.38. The van der Waals surface area contributed by atoms with Crippen LogP contribution in [0.4, 0.5) is 5.00 Å². The summed E-state index contributed by atoms with van der Waals surface area (Å²) in [6, 6.07) is 3.91. The minimum atomic E-state index is -0.390. The van der Waals surface area contributed by atoms with Crippen LogP contribution in [0, 0.1) is 0 Å². The summed E-state index contributed by atoms with van der Waals surface area (Å²) < 4.78 is 5.19. The van der Waals surface area contributed by atoms with Crippen molar-refractivity contribution in [2.24, 2.45) is 0 Å². The number of nitrogens with one attached hydrogen (secondary N) is 1. The summed E-state index contributed by atoms with van der Waals surface area (Å²) in [6.07, 6.45) is 2.28. The molecule has 1 N–H and O–H groups in total. The Bertz CT molecular complexity index is 703. The van der Waals surface area contributed by atoms with Crippen LogP contribution in [0.5, 0.6) is 0 Å². The van der Waals surface area contributed by atoms with E-state index in [0.717, 1.165) is 36.4 Å². The number of ether oxygens (including phenoxy) is 1. The predicted molar refractivity (Wildman–Crippen MR) is 97.9 cm³/mol. The fraction of sp³-hybridized carbons (Fsp3) is 0.412. The first-order valence-electron chi connectivity index (χ1n) is 8.03. The fourth-order valence-electron chi connectivity index (χ4n) is 2.78. The van der Waals surface area contributed by atoms with Crippen molar-refractivity contribution >= 4 is 39.6 Å². The molecule has 0 atom stereocenters. The molecule has 24 heavy (non-hydrogen) atoms. The van der Waals surface area contributed by atoms with E-state index in [1.807, 2.05) is 22.9 Å². The van der Waals surface area contributed by atoms with Gasteiger partial charge in [0.15, 0.2) is 0 Å². The molecule has 5 nitrogen and oxygen atoms in total. The number of rotatable bonds is 6. The van der Waals surface area contributed by atoms with Gasteiger partial charge in [-0.1, -0.05) is 6.07 Å². The van der Waals surface area contributed by atoms with E-state index in [9.17, 15) is 9.59 Å². The van der Waals surface area contributed by atoms with E-state index in [0.29, 0.717) is 23.7 Å². The Morgan fingerprint density at radius 3 is 2.75 bits per heavy atom. The van der Waals surface area contributed by atoms with Gasteiger partial charge in [-0.3, -0.25) is 9.69 Å². The van der Waals surface area contributed by atoms with Crippen molar-refractivity contribution in [3.05, 3.63) is 28.5 Å². The van der Waals surface area contributed by atoms with Crippen LogP contribution in [0.15, 0.2) is 22.9 Å². The molecular formula is C17H20N2O3S2. The first-order chi connectivity index (χ1) is 11.7. The average Bonchev–Trinajstić information content (AvgIpc) is 3.28. The Morgan fingerprint density at radius 1 is 1.29 bits per heavy atom. The van der Waals surface area contributed by atoms with Gasteiger partial charge in [0.1, 0.15) is 10.6 Å². The molecule has 1 aliphatic heterocycles. The van der Waals surface area contributed by atoms with Gasteiger partial charge in [-0.2, -0.15) is 0 Å². The van der Waals surface area contributed by atoms with Crippen LogP contribution in [-0.4, -0.2) is 43.0 Å². The van der Waals surface area contributed by atoms with Crippen LogP contribution in [-0.2, 0) is 9.53 Å². The molecule has 7 heteroatoms. The quantitative estimate of drug-likeness (QED) is 0.794. The highest BCUT2D eigenvalue weighted by Crippen LogP contribution is 2.38. The summed E-state index contributed by atoms with van der Waals surface area (Å²) >= 11 is 2.93. The van der Waals surface area contributed by atoms with Gasteiger partial charge in [-0.25, -0.2) is 4.79 Å². The first-order valence-corrected chi connectivity index (χ1v) is 9.79. The van der Waals surface area contributed by atoms with E-state index in [-0.39, 0.29) is 5.91 Å². The number of carbonyl (C=O) groups excluding carboxylic acids is 2. The fourth-order valence-corrected chi connectivity index (χ4v) is 4.57. The molecule has 0 aromatic carbocycles. The number of anilines is 1. The van der Waals surface area contributed by atoms with Crippen molar-refractivity contribution in [2.75, 3.05) is 31.6 Å². The van der Waals surface area contributed by atoms with E-state index in [1.165, 1.54) is 11.3 Å². The molecule has 0 radical (unpaired) electrons. The first kappa shape index (κ1) is 17.1. The van der Waals surface area contributed by atoms with Crippen LogP contribution >= 0.6 is 22.7 Å². The zero-order valence-corrected chi connectivity index (χ0v) is 15.2. The molecule has 0 unspecified atom stereocenters. The summed E-state index contributed by atoms with van der Waals surface area (Å²) in [5.41, 5.74) is 1.28. The topological polar surface area (TPSA) is 58.6 Å². The maximum absolute atomic E-state index is 12.4. The van der Waals surface area contributed by atoms with E-state index in [4.69, 9.17) is 4.74 Å². The van der Waals surface area contributed by atoms with Crippen molar-refractivity contribution in [3.8, 4) is 10.4 Å². The molecule has 1 amide bonds. The lowest BCUT2D eigenvalue weighted by molar-refractivity contribution is -0.117. The SMILES string of the molecule is CCOC(=O)c1c(-c2cccs2)csc1NC(=O)CN1CCCC1. The minimum absolute atomic E-state index is 0.0815. The molecule has 0 aliphatic carbocycles. The second-order valence-electron chi connectivity index (χ2n) is 5.58. The standard InChI is InChI=1S/C17H20N2O3S2/c1-2-22-17(21)15-12(13-6-5-9-23-13)11-24-16(15)18-14(20)10-19-7-3-4-8-19/h5-6,9,11H,2-4,7-8,10H2,1H3,(H,18,20). The zero-order chi connectivity index (χ0) is 16.9. The largest absolute Gasteiger partial charge is 0.462 e. The summed E-state index contributed by atoms with van der Waals surface area (Å²) in [7, 11) is 0. The summed E-state index contributed by atoms with van der Waals surface area (Å²) in [5, 5.41) is 7.34. The molecule has 0 saturated carbocycles. The molecule has 3 heterocycles. The molecule has 1 saturated heterocycles. The number of esters is 1. The maximum Gasteiger partial charge on any atom is 0.341 e. The second-order valence-corrected chi connectivity index (χ2v) is 7.41. The highest BCUT2D eigenvalue weighted by Gasteiger charge is 2.24. The molecule has 0 spiro atoms. The molecule has 1 aliphatic rings. The van der Waals surface area contributed by atoms with Crippen LogP contribution in [0.2, 0.25) is 0 Å². The van der Waals surface area contributed by atoms with Gasteiger partial charge in [0.05, 0.1) is 13.2 Å². The Balaban J connectivity index is 1.81. The molecular weight excluding hydrogens is 344 g/mol. The molecule has 2 aromatic heterocycles. The number of likely N-dealkylation sites (tertiary alicyclic amines) is 1. The van der Waals surface area contributed by atoms with Crippen LogP contribution < -0.4 is 5.32 Å². The Hall–Kier alpha value is -1.70. The monoisotopic (exact) mass is 364 g/mol. The van der Waals surface area contributed by atoms with E-state index >= 15 is 0 Å². The van der Waals surface area contributed by atoms with Gasteiger partial charge in [-0.05, 0) is 44.3 Å². The smallest absolute Gasteiger partial charge is 0.341 e. The Morgan fingerprint density at radius 2 is 2.08 bits per heavy atom. The predicted octanol–water partition coefficient (Wildman–Crippen LogP) is 3.69. The maximum atomic E-state index is 12.4. The molecule has 3 rings (SSSR count). The lowest BCUT2D eigenvalue weighted by atomic mass is 10.1. The van der Waals surface area contributed by atoms with E-state index in [2.05, 4.69) is 10.2 Å². The summed E-state index contributed by atoms with van der Waals surface area (Å²) in [5.74, 6) is -0.472. The van der Waals surface area contributed by atoms with Gasteiger partial charge in [0, 0.05) is 15.8 Å². The van der Waals surface area contributed by atoms with Crippen LogP contribution in [0.25, 0.3) is 10.4 Å². The number of nitrogens with zero attached hydrogens (tertiary/aromatic N) is 1. The van der Waals surface area contributed by atoms with Gasteiger partial charge in [-0.15, -0.1) is 22.7 Å². The zero-order valence-electron chi connectivity index (χ0n) is 13.5. The third-order valence-electron chi connectivity index (χ3n) is 3.88. The van der Waals surface area contributed by atoms with Crippen molar-refractivity contribution in [2.45, 2.75) is 19.8 Å². The highest BCUT2D eigenvalue weighted by molar-refractivity contribution is 7.17. The van der Waals surface area contributed by atoms with Crippen molar-refractivity contribution in [1.82, 2.24) is 4.90 Å². The van der Waals surface area contributed by atoms with E-state index in [1.54, 1.807) is 18.3 Å². The van der Waals surface area contributed by atoms with Gasteiger partial charge in [0.2, 0.25) is 5.91 Å². The van der Waals surface area contributed by atoms with Crippen LogP contribution in [0.3, 0.4) is 0 Å². The number of carbonyl (C=O) groups is 2. The normalized spacial score (nSPS) is 14.7. The molecule has 2 aromatic rings. The van der Waals surface area contributed by atoms with Gasteiger partial charge >= 0.3 is 5.97 Å². The van der Waals surface area contributed by atoms with Crippen molar-refractivity contribution in [3.63, 3.8) is 0 Å². The second kappa shape index (κ2) is 7.92.